The number of amides is 1. The molecule has 164 valence electrons. The Morgan fingerprint density at radius 3 is 2.31 bits per heavy atom. The Hall–Kier alpha value is -1.45. The van der Waals surface area contributed by atoms with E-state index in [4.69, 9.17) is 11.6 Å². The first-order valence-electron chi connectivity index (χ1n) is 8.44. The molecule has 1 aliphatic rings. The van der Waals surface area contributed by atoms with Crippen LogP contribution in [0.2, 0.25) is 5.02 Å². The first kappa shape index (κ1) is 26.8. The van der Waals surface area contributed by atoms with Gasteiger partial charge in [-0.05, 0) is 49.7 Å². The van der Waals surface area contributed by atoms with Crippen molar-refractivity contribution in [2.75, 3.05) is 5.01 Å². The number of nitrogens with zero attached hydrogens (tertiary/aromatic N) is 4. The molecule has 11 nitrogen and oxygen atoms in total. The summed E-state index contributed by atoms with van der Waals surface area (Å²) in [6.45, 7) is 3.01. The molecule has 15 heteroatoms. The number of rotatable bonds is 5. The van der Waals surface area contributed by atoms with E-state index in [0.717, 1.165) is 23.2 Å². The molecule has 0 fully saturated rings. The van der Waals surface area contributed by atoms with Crippen molar-refractivity contribution in [1.82, 2.24) is 0 Å². The molecule has 1 atom stereocenters. The SMILES string of the molecule is CC1=NN(c2cccc(S(=O)(=O)O)c2)C(=O)C1N=Nc1cc(Cl)c(C)cc1S(=O)(=O)O.[Ca+2]. The summed E-state index contributed by atoms with van der Waals surface area (Å²) in [6, 6.07) is 5.99. The normalized spacial score (nSPS) is 16.9. The number of azo groups is 1. The van der Waals surface area contributed by atoms with Gasteiger partial charge in [0.05, 0.1) is 16.3 Å². The van der Waals surface area contributed by atoms with Crippen LogP contribution in [0.4, 0.5) is 11.4 Å². The summed E-state index contributed by atoms with van der Waals surface area (Å²) in [6.07, 6.45) is 0. The Bertz CT molecular complexity index is 1360. The third kappa shape index (κ3) is 5.72. The zero-order valence-electron chi connectivity index (χ0n) is 16.7. The molecular weight excluding hydrogens is 512 g/mol. The van der Waals surface area contributed by atoms with Gasteiger partial charge in [-0.3, -0.25) is 13.9 Å². The van der Waals surface area contributed by atoms with Crippen molar-refractivity contribution < 1.29 is 30.7 Å². The Kier molecular flexibility index (Phi) is 8.22. The first-order chi connectivity index (χ1) is 14.3. The van der Waals surface area contributed by atoms with Gasteiger partial charge in [-0.1, -0.05) is 17.7 Å². The quantitative estimate of drug-likeness (QED) is 0.343. The zero-order chi connectivity index (χ0) is 23.1. The molecule has 0 saturated carbocycles. The van der Waals surface area contributed by atoms with Gasteiger partial charge in [0.25, 0.3) is 26.1 Å². The summed E-state index contributed by atoms with van der Waals surface area (Å²) in [7, 11) is -9.13. The van der Waals surface area contributed by atoms with E-state index in [1.807, 2.05) is 0 Å². The summed E-state index contributed by atoms with van der Waals surface area (Å²) in [5, 5.41) is 12.7. The molecule has 1 aliphatic heterocycles. The molecule has 0 radical (unpaired) electrons. The molecule has 2 aromatic carbocycles. The van der Waals surface area contributed by atoms with E-state index >= 15 is 0 Å². The minimum atomic E-state index is -4.64. The van der Waals surface area contributed by atoms with Gasteiger partial charge in [0.15, 0.2) is 6.04 Å². The first-order valence-corrected chi connectivity index (χ1v) is 11.7. The van der Waals surface area contributed by atoms with Gasteiger partial charge in [-0.2, -0.15) is 37.2 Å². The molecular formula is C17H15CaClN4O7S2+2. The second kappa shape index (κ2) is 9.81. The van der Waals surface area contributed by atoms with Crippen LogP contribution in [-0.4, -0.2) is 81.3 Å². The smallest absolute Gasteiger partial charge is 0.282 e. The van der Waals surface area contributed by atoms with Crippen molar-refractivity contribution in [1.29, 1.82) is 0 Å². The molecule has 0 saturated heterocycles. The van der Waals surface area contributed by atoms with Crippen LogP contribution in [0.5, 0.6) is 0 Å². The van der Waals surface area contributed by atoms with Crippen LogP contribution in [0.15, 0.2) is 61.5 Å². The van der Waals surface area contributed by atoms with E-state index in [0.29, 0.717) is 5.56 Å². The third-order valence-electron chi connectivity index (χ3n) is 4.26. The van der Waals surface area contributed by atoms with Crippen LogP contribution in [0.3, 0.4) is 0 Å². The maximum atomic E-state index is 12.8. The fraction of sp³-hybridized carbons (Fsp3) is 0.176. The predicted octanol–water partition coefficient (Wildman–Crippen LogP) is 2.64. The van der Waals surface area contributed by atoms with E-state index in [1.54, 1.807) is 0 Å². The number of halogens is 1. The van der Waals surface area contributed by atoms with Crippen LogP contribution in [0.25, 0.3) is 0 Å². The Balaban J connectivity index is 0.00000363. The molecule has 1 heterocycles. The molecule has 0 bridgehead atoms. The zero-order valence-corrected chi connectivity index (χ0v) is 21.3. The van der Waals surface area contributed by atoms with E-state index in [2.05, 4.69) is 15.3 Å². The number of carbonyl (C=O) groups is 1. The molecule has 2 N–H and O–H groups in total. The van der Waals surface area contributed by atoms with E-state index in [1.165, 1.54) is 32.0 Å². The number of hydrogen-bond acceptors (Lipinski definition) is 8. The van der Waals surface area contributed by atoms with Gasteiger partial charge in [0, 0.05) is 5.02 Å². The summed E-state index contributed by atoms with van der Waals surface area (Å²) >= 11 is 6.00. The van der Waals surface area contributed by atoms with Crippen LogP contribution >= 0.6 is 11.6 Å². The van der Waals surface area contributed by atoms with Gasteiger partial charge in [0.1, 0.15) is 10.6 Å². The van der Waals surface area contributed by atoms with Crippen LogP contribution in [-0.2, 0) is 25.0 Å². The average molecular weight is 527 g/mol. The standard InChI is InChI=1S/C17H15ClN4O7S2.Ca/c1-9-6-15(31(27,28)29)14(8-13(9)18)19-20-16-10(2)21-22(17(16)23)11-4-3-5-12(7-11)30(24,25)26;/h3-8,16H,1-2H3,(H,24,25,26)(H,27,28,29);/q;+2. The van der Waals surface area contributed by atoms with Crippen LogP contribution in [0.1, 0.15) is 12.5 Å². The average Bonchev–Trinajstić information content (AvgIpc) is 2.95. The van der Waals surface area contributed by atoms with Crippen LogP contribution in [0, 0.1) is 6.92 Å². The summed E-state index contributed by atoms with van der Waals surface area (Å²) in [5.74, 6) is -0.694. The Morgan fingerprint density at radius 1 is 1.06 bits per heavy atom. The molecule has 3 rings (SSSR count). The topological polar surface area (TPSA) is 166 Å². The third-order valence-corrected chi connectivity index (χ3v) is 6.39. The maximum absolute atomic E-state index is 12.8. The van der Waals surface area contributed by atoms with Crippen molar-refractivity contribution >= 4 is 92.6 Å². The molecule has 0 aromatic heterocycles. The van der Waals surface area contributed by atoms with E-state index in [-0.39, 0.29) is 59.8 Å². The molecule has 1 amide bonds. The molecule has 1 unspecified atom stereocenters. The maximum Gasteiger partial charge on any atom is 2.00 e. The predicted molar refractivity (Wildman–Crippen MR) is 117 cm³/mol. The molecule has 0 aliphatic carbocycles. The number of hydrazone groups is 1. The summed E-state index contributed by atoms with van der Waals surface area (Å²) in [4.78, 5) is 11.8. The van der Waals surface area contributed by atoms with Crippen molar-refractivity contribution in [2.24, 2.45) is 15.3 Å². The van der Waals surface area contributed by atoms with Crippen molar-refractivity contribution in [3.63, 3.8) is 0 Å². The second-order valence-electron chi connectivity index (χ2n) is 6.53. The van der Waals surface area contributed by atoms with Gasteiger partial charge in [0.2, 0.25) is 0 Å². The number of hydrogen-bond donors (Lipinski definition) is 2. The Morgan fingerprint density at radius 2 is 1.72 bits per heavy atom. The number of carbonyl (C=O) groups excluding carboxylic acids is 1. The summed E-state index contributed by atoms with van der Waals surface area (Å²) in [5.41, 5.74) is 0.366. The number of aryl methyl sites for hydroxylation is 1. The van der Waals surface area contributed by atoms with Gasteiger partial charge < -0.3 is 0 Å². The minimum absolute atomic E-state index is 0. The van der Waals surface area contributed by atoms with Crippen molar-refractivity contribution in [3.8, 4) is 0 Å². The van der Waals surface area contributed by atoms with Gasteiger partial charge in [-0.25, -0.2) is 0 Å². The van der Waals surface area contributed by atoms with Crippen molar-refractivity contribution in [2.45, 2.75) is 29.7 Å². The van der Waals surface area contributed by atoms with Gasteiger partial charge >= 0.3 is 37.7 Å². The molecule has 32 heavy (non-hydrogen) atoms. The number of anilines is 1. The fourth-order valence-corrected chi connectivity index (χ4v) is 4.07. The second-order valence-corrected chi connectivity index (χ2v) is 9.74. The van der Waals surface area contributed by atoms with E-state index < -0.39 is 42.0 Å². The molecule has 2 aromatic rings. The van der Waals surface area contributed by atoms with Crippen LogP contribution < -0.4 is 5.01 Å². The minimum Gasteiger partial charge on any atom is -0.282 e. The molecule has 0 spiro atoms. The van der Waals surface area contributed by atoms with Crippen molar-refractivity contribution in [3.05, 3.63) is 47.0 Å². The van der Waals surface area contributed by atoms with Gasteiger partial charge in [-0.15, -0.1) is 0 Å². The Labute approximate surface area is 218 Å². The largest absolute Gasteiger partial charge is 2.00 e. The fourth-order valence-electron chi connectivity index (χ4n) is 2.70. The number of benzene rings is 2. The monoisotopic (exact) mass is 526 g/mol. The van der Waals surface area contributed by atoms with E-state index in [9.17, 15) is 30.7 Å². The summed E-state index contributed by atoms with van der Waals surface area (Å²) < 4.78 is 64.6.